The molecule has 8 nitrogen and oxygen atoms in total. The van der Waals surface area contributed by atoms with E-state index < -0.39 is 18.6 Å². The standard InChI is InChI=1S/C26H30N2O6/c29-13-12-28(15-24(30)31)25(32)18-11-5-6-17(18)14-27-26(33)34-16-23-21-9-3-1-7-19(21)20-8-2-4-10-22(20)23/h1-4,7-10,17-18,23,29H,5-6,11-16H2,(H,27,33)(H,30,31)/t17-,18-/m1/s1. The number of ether oxygens (including phenoxy) is 1. The number of carbonyl (C=O) groups is 3. The molecule has 2 amide bonds. The molecule has 2 aliphatic rings. The van der Waals surface area contributed by atoms with Crippen molar-refractivity contribution < 1.29 is 29.3 Å². The fraction of sp³-hybridized carbons (Fsp3) is 0.423. The highest BCUT2D eigenvalue weighted by Gasteiger charge is 2.36. The number of carboxylic acid groups (broad SMARTS) is 1. The predicted octanol–water partition coefficient (Wildman–Crippen LogP) is 2.85. The lowest BCUT2D eigenvalue weighted by atomic mass is 9.94. The summed E-state index contributed by atoms with van der Waals surface area (Å²) in [4.78, 5) is 37.6. The number of rotatable bonds is 9. The van der Waals surface area contributed by atoms with Crippen LogP contribution in [0, 0.1) is 11.8 Å². The Bertz CT molecular complexity index is 1010. The molecule has 8 heteroatoms. The third kappa shape index (κ3) is 5.07. The van der Waals surface area contributed by atoms with Crippen LogP contribution in [0.15, 0.2) is 48.5 Å². The molecule has 3 N–H and O–H groups in total. The van der Waals surface area contributed by atoms with E-state index in [-0.39, 0.29) is 50.0 Å². The van der Waals surface area contributed by atoms with Gasteiger partial charge in [-0.3, -0.25) is 9.59 Å². The van der Waals surface area contributed by atoms with Crippen LogP contribution in [-0.2, 0) is 14.3 Å². The van der Waals surface area contributed by atoms with Crippen LogP contribution in [-0.4, -0.2) is 65.9 Å². The average Bonchev–Trinajstić information content (AvgIpc) is 3.43. The lowest BCUT2D eigenvalue weighted by Crippen LogP contribution is -2.44. The Morgan fingerprint density at radius 3 is 2.26 bits per heavy atom. The number of carbonyl (C=O) groups excluding carboxylic acids is 2. The number of carboxylic acids is 1. The smallest absolute Gasteiger partial charge is 0.407 e. The van der Waals surface area contributed by atoms with Crippen LogP contribution in [0.3, 0.4) is 0 Å². The molecule has 34 heavy (non-hydrogen) atoms. The fourth-order valence-corrected chi connectivity index (χ4v) is 5.26. The van der Waals surface area contributed by atoms with E-state index >= 15 is 0 Å². The van der Waals surface area contributed by atoms with Crippen molar-refractivity contribution >= 4 is 18.0 Å². The second kappa shape index (κ2) is 10.7. The zero-order valence-electron chi connectivity index (χ0n) is 19.0. The van der Waals surface area contributed by atoms with Gasteiger partial charge in [-0.25, -0.2) is 4.79 Å². The minimum atomic E-state index is -1.12. The van der Waals surface area contributed by atoms with Gasteiger partial charge in [0.1, 0.15) is 13.2 Å². The minimum Gasteiger partial charge on any atom is -0.480 e. The molecule has 4 rings (SSSR count). The molecule has 0 aromatic heterocycles. The molecule has 1 fully saturated rings. The number of amides is 2. The van der Waals surface area contributed by atoms with Crippen molar-refractivity contribution in [2.45, 2.75) is 25.2 Å². The quantitative estimate of drug-likeness (QED) is 0.523. The molecule has 0 unspecified atom stereocenters. The summed E-state index contributed by atoms with van der Waals surface area (Å²) in [5.41, 5.74) is 4.60. The summed E-state index contributed by atoms with van der Waals surface area (Å²) in [6.45, 7) is -0.256. The Morgan fingerprint density at radius 1 is 1.00 bits per heavy atom. The van der Waals surface area contributed by atoms with Crippen LogP contribution in [0.1, 0.15) is 36.3 Å². The number of nitrogens with one attached hydrogen (secondary N) is 1. The van der Waals surface area contributed by atoms with Gasteiger partial charge >= 0.3 is 12.1 Å². The van der Waals surface area contributed by atoms with Crippen molar-refractivity contribution in [3.63, 3.8) is 0 Å². The van der Waals surface area contributed by atoms with Gasteiger partial charge < -0.3 is 25.2 Å². The summed E-state index contributed by atoms with van der Waals surface area (Å²) in [5.74, 6) is -1.90. The third-order valence-corrected chi connectivity index (χ3v) is 6.84. The maximum absolute atomic E-state index is 12.9. The first kappa shape index (κ1) is 23.8. The molecule has 1 saturated carbocycles. The van der Waals surface area contributed by atoms with E-state index in [1.165, 1.54) is 4.90 Å². The monoisotopic (exact) mass is 466 g/mol. The van der Waals surface area contributed by atoms with E-state index in [4.69, 9.17) is 9.84 Å². The van der Waals surface area contributed by atoms with Crippen molar-refractivity contribution in [1.29, 1.82) is 0 Å². The molecular weight excluding hydrogens is 436 g/mol. The predicted molar refractivity (Wildman–Crippen MR) is 125 cm³/mol. The zero-order chi connectivity index (χ0) is 24.1. The number of fused-ring (bicyclic) bond motifs is 3. The molecule has 0 saturated heterocycles. The molecule has 0 radical (unpaired) electrons. The number of nitrogens with zero attached hydrogens (tertiary/aromatic N) is 1. The number of aliphatic hydroxyl groups is 1. The van der Waals surface area contributed by atoms with Gasteiger partial charge in [-0.05, 0) is 41.0 Å². The number of alkyl carbamates (subject to hydrolysis) is 1. The van der Waals surface area contributed by atoms with Crippen molar-refractivity contribution in [3.8, 4) is 11.1 Å². The molecule has 2 atom stereocenters. The zero-order valence-corrected chi connectivity index (χ0v) is 19.0. The second-order valence-corrected chi connectivity index (χ2v) is 8.88. The van der Waals surface area contributed by atoms with E-state index in [1.807, 2.05) is 24.3 Å². The third-order valence-electron chi connectivity index (χ3n) is 6.84. The Balaban J connectivity index is 1.33. The van der Waals surface area contributed by atoms with Crippen LogP contribution < -0.4 is 5.32 Å². The van der Waals surface area contributed by atoms with Gasteiger partial charge in [-0.2, -0.15) is 0 Å². The number of aliphatic hydroxyl groups excluding tert-OH is 1. The molecule has 2 aromatic carbocycles. The molecule has 2 aliphatic carbocycles. The molecule has 2 aromatic rings. The van der Waals surface area contributed by atoms with E-state index in [1.54, 1.807) is 0 Å². The first-order chi connectivity index (χ1) is 16.5. The number of aliphatic carboxylic acids is 1. The largest absolute Gasteiger partial charge is 0.480 e. The summed E-state index contributed by atoms with van der Waals surface area (Å²) in [6.07, 6.45) is 1.70. The van der Waals surface area contributed by atoms with Gasteiger partial charge in [0.05, 0.1) is 6.61 Å². The van der Waals surface area contributed by atoms with Gasteiger partial charge in [0.15, 0.2) is 0 Å². The summed E-state index contributed by atoms with van der Waals surface area (Å²) < 4.78 is 5.58. The fourth-order valence-electron chi connectivity index (χ4n) is 5.26. The highest BCUT2D eigenvalue weighted by molar-refractivity contribution is 5.83. The first-order valence-corrected chi connectivity index (χ1v) is 11.7. The van der Waals surface area contributed by atoms with E-state index in [9.17, 15) is 19.5 Å². The number of benzene rings is 2. The molecule has 0 heterocycles. The summed E-state index contributed by atoms with van der Waals surface area (Å²) in [5, 5.41) is 21.1. The van der Waals surface area contributed by atoms with Crippen LogP contribution in [0.4, 0.5) is 4.79 Å². The second-order valence-electron chi connectivity index (χ2n) is 8.88. The minimum absolute atomic E-state index is 0.0197. The Hall–Kier alpha value is -3.39. The molecule has 180 valence electrons. The van der Waals surface area contributed by atoms with Crippen LogP contribution in [0.2, 0.25) is 0 Å². The van der Waals surface area contributed by atoms with Crippen molar-refractivity contribution in [2.75, 3.05) is 32.8 Å². The SMILES string of the molecule is O=C(O)CN(CCO)C(=O)[C@@H]1CCC[C@@H]1CNC(=O)OCC1c2ccccc2-c2ccccc21. The summed E-state index contributed by atoms with van der Waals surface area (Å²) in [7, 11) is 0. The van der Waals surface area contributed by atoms with Gasteiger partial charge in [0, 0.05) is 24.9 Å². The normalized spacial score (nSPS) is 18.7. The van der Waals surface area contributed by atoms with Crippen molar-refractivity contribution in [1.82, 2.24) is 10.2 Å². The maximum atomic E-state index is 12.9. The number of hydrogen-bond donors (Lipinski definition) is 3. The Kier molecular flexibility index (Phi) is 7.47. The molecule has 0 bridgehead atoms. The highest BCUT2D eigenvalue weighted by atomic mass is 16.5. The van der Waals surface area contributed by atoms with Gasteiger partial charge in [0.2, 0.25) is 5.91 Å². The van der Waals surface area contributed by atoms with Gasteiger partial charge in [-0.1, -0.05) is 55.0 Å². The van der Waals surface area contributed by atoms with Crippen LogP contribution >= 0.6 is 0 Å². The Labute approximate surface area is 198 Å². The lowest BCUT2D eigenvalue weighted by Gasteiger charge is -2.26. The Morgan fingerprint density at radius 2 is 1.65 bits per heavy atom. The lowest BCUT2D eigenvalue weighted by molar-refractivity contribution is -0.147. The summed E-state index contributed by atoms with van der Waals surface area (Å²) >= 11 is 0. The van der Waals surface area contributed by atoms with Gasteiger partial charge in [-0.15, -0.1) is 0 Å². The topological polar surface area (TPSA) is 116 Å². The average molecular weight is 467 g/mol. The molecule has 0 spiro atoms. The van der Waals surface area contributed by atoms with Crippen molar-refractivity contribution in [2.24, 2.45) is 11.8 Å². The summed E-state index contributed by atoms with van der Waals surface area (Å²) in [6, 6.07) is 16.3. The maximum Gasteiger partial charge on any atom is 0.407 e. The van der Waals surface area contributed by atoms with Crippen LogP contribution in [0.25, 0.3) is 11.1 Å². The van der Waals surface area contributed by atoms with Gasteiger partial charge in [0.25, 0.3) is 0 Å². The first-order valence-electron chi connectivity index (χ1n) is 11.7. The van der Waals surface area contributed by atoms with E-state index in [2.05, 4.69) is 29.6 Å². The van der Waals surface area contributed by atoms with Crippen molar-refractivity contribution in [3.05, 3.63) is 59.7 Å². The van der Waals surface area contributed by atoms with E-state index in [0.717, 1.165) is 35.1 Å². The molecular formula is C26H30N2O6. The molecule has 0 aliphatic heterocycles. The highest BCUT2D eigenvalue weighted by Crippen LogP contribution is 2.44. The van der Waals surface area contributed by atoms with Crippen LogP contribution in [0.5, 0.6) is 0 Å². The number of hydrogen-bond acceptors (Lipinski definition) is 5. The van der Waals surface area contributed by atoms with E-state index in [0.29, 0.717) is 6.42 Å².